The minimum Gasteiger partial charge on any atom is -0.497 e. The van der Waals surface area contributed by atoms with Crippen molar-refractivity contribution in [3.63, 3.8) is 0 Å². The van der Waals surface area contributed by atoms with Crippen LogP contribution in [-0.2, 0) is 6.42 Å². The topological polar surface area (TPSA) is 21.3 Å². The number of rotatable bonds is 4. The van der Waals surface area contributed by atoms with Gasteiger partial charge < -0.3 is 10.1 Å². The van der Waals surface area contributed by atoms with Gasteiger partial charge in [-0.25, -0.2) is 4.39 Å². The standard InChI is InChI=1S/C15H22FNO/c1-18-14-5-3-13(4-6-14)7-9-15(16)8-2-11-17-12-10-15/h3-6,17H,2,7-12H2,1H3. The van der Waals surface area contributed by atoms with Gasteiger partial charge >= 0.3 is 0 Å². The number of benzene rings is 1. The van der Waals surface area contributed by atoms with Crippen molar-refractivity contribution in [3.05, 3.63) is 29.8 Å². The summed E-state index contributed by atoms with van der Waals surface area (Å²) in [6, 6.07) is 7.93. The first kappa shape index (κ1) is 13.3. The zero-order valence-corrected chi connectivity index (χ0v) is 11.0. The molecule has 1 fully saturated rings. The molecule has 2 rings (SSSR count). The fraction of sp³-hybridized carbons (Fsp3) is 0.600. The quantitative estimate of drug-likeness (QED) is 0.887. The molecular formula is C15H22FNO. The number of halogens is 1. The average Bonchev–Trinajstić information content (AvgIpc) is 2.62. The molecule has 0 aliphatic carbocycles. The molecule has 0 amide bonds. The molecule has 1 saturated heterocycles. The highest BCUT2D eigenvalue weighted by Gasteiger charge is 2.29. The van der Waals surface area contributed by atoms with E-state index in [0.29, 0.717) is 19.3 Å². The van der Waals surface area contributed by atoms with E-state index in [2.05, 4.69) is 5.32 Å². The number of hydrogen-bond donors (Lipinski definition) is 1. The van der Waals surface area contributed by atoms with Gasteiger partial charge in [-0.05, 0) is 62.9 Å². The Morgan fingerprint density at radius 2 is 2.00 bits per heavy atom. The molecule has 1 aliphatic heterocycles. The van der Waals surface area contributed by atoms with Gasteiger partial charge in [0.25, 0.3) is 0 Å². The lowest BCUT2D eigenvalue weighted by Crippen LogP contribution is -2.25. The monoisotopic (exact) mass is 251 g/mol. The van der Waals surface area contributed by atoms with Crippen LogP contribution in [0.15, 0.2) is 24.3 Å². The van der Waals surface area contributed by atoms with Gasteiger partial charge in [-0.3, -0.25) is 0 Å². The van der Waals surface area contributed by atoms with Crippen molar-refractivity contribution in [2.24, 2.45) is 0 Å². The van der Waals surface area contributed by atoms with Gasteiger partial charge in [0.2, 0.25) is 0 Å². The van der Waals surface area contributed by atoms with E-state index in [9.17, 15) is 4.39 Å². The maximum absolute atomic E-state index is 14.6. The van der Waals surface area contributed by atoms with E-state index in [1.807, 2.05) is 24.3 Å². The Bertz CT molecular complexity index is 355. The van der Waals surface area contributed by atoms with Gasteiger partial charge in [0.1, 0.15) is 11.4 Å². The van der Waals surface area contributed by atoms with E-state index in [0.717, 1.165) is 31.7 Å². The number of aryl methyl sites for hydroxylation is 1. The molecule has 0 radical (unpaired) electrons. The molecule has 18 heavy (non-hydrogen) atoms. The lowest BCUT2D eigenvalue weighted by Gasteiger charge is -2.23. The second-order valence-electron chi connectivity index (χ2n) is 5.10. The van der Waals surface area contributed by atoms with Crippen LogP contribution in [0.4, 0.5) is 4.39 Å². The molecule has 0 saturated carbocycles. The number of alkyl halides is 1. The number of nitrogens with one attached hydrogen (secondary N) is 1. The van der Waals surface area contributed by atoms with Gasteiger partial charge in [-0.15, -0.1) is 0 Å². The Kier molecular flexibility index (Phi) is 4.59. The van der Waals surface area contributed by atoms with Gasteiger partial charge in [0.05, 0.1) is 7.11 Å². The molecule has 1 aromatic rings. The second kappa shape index (κ2) is 6.19. The summed E-state index contributed by atoms with van der Waals surface area (Å²) in [5, 5.41) is 3.26. The molecule has 1 aliphatic rings. The normalized spacial score (nSPS) is 24.6. The molecule has 1 aromatic carbocycles. The Hall–Kier alpha value is -1.09. The van der Waals surface area contributed by atoms with Gasteiger partial charge in [-0.1, -0.05) is 12.1 Å². The molecular weight excluding hydrogens is 229 g/mol. The van der Waals surface area contributed by atoms with Crippen molar-refractivity contribution in [1.82, 2.24) is 5.32 Å². The largest absolute Gasteiger partial charge is 0.497 e. The van der Waals surface area contributed by atoms with E-state index in [1.165, 1.54) is 5.56 Å². The highest BCUT2D eigenvalue weighted by molar-refractivity contribution is 5.27. The van der Waals surface area contributed by atoms with Crippen LogP contribution in [0.5, 0.6) is 5.75 Å². The summed E-state index contributed by atoms with van der Waals surface area (Å²) in [6.07, 6.45) is 3.71. The first-order chi connectivity index (χ1) is 8.72. The summed E-state index contributed by atoms with van der Waals surface area (Å²) in [6.45, 7) is 1.76. The molecule has 1 unspecified atom stereocenters. The maximum Gasteiger partial charge on any atom is 0.118 e. The van der Waals surface area contributed by atoms with E-state index >= 15 is 0 Å². The Labute approximate surface area is 109 Å². The lowest BCUT2D eigenvalue weighted by molar-refractivity contribution is 0.132. The van der Waals surface area contributed by atoms with Gasteiger partial charge in [0, 0.05) is 0 Å². The summed E-state index contributed by atoms with van der Waals surface area (Å²) in [5.74, 6) is 0.854. The van der Waals surface area contributed by atoms with Crippen LogP contribution in [0.25, 0.3) is 0 Å². The highest BCUT2D eigenvalue weighted by Crippen LogP contribution is 2.29. The predicted octanol–water partition coefficient (Wildman–Crippen LogP) is 3.11. The summed E-state index contributed by atoms with van der Waals surface area (Å²) < 4.78 is 19.7. The van der Waals surface area contributed by atoms with Crippen LogP contribution in [0.3, 0.4) is 0 Å². The summed E-state index contributed by atoms with van der Waals surface area (Å²) >= 11 is 0. The number of methoxy groups -OCH3 is 1. The van der Waals surface area contributed by atoms with Crippen molar-refractivity contribution >= 4 is 0 Å². The van der Waals surface area contributed by atoms with Gasteiger partial charge in [-0.2, -0.15) is 0 Å². The number of hydrogen-bond acceptors (Lipinski definition) is 2. The van der Waals surface area contributed by atoms with E-state index < -0.39 is 5.67 Å². The number of ether oxygens (including phenoxy) is 1. The van der Waals surface area contributed by atoms with E-state index in [-0.39, 0.29) is 0 Å². The van der Waals surface area contributed by atoms with Crippen LogP contribution < -0.4 is 10.1 Å². The van der Waals surface area contributed by atoms with Crippen LogP contribution >= 0.6 is 0 Å². The molecule has 1 atom stereocenters. The molecule has 0 bridgehead atoms. The first-order valence-electron chi connectivity index (χ1n) is 6.74. The molecule has 0 spiro atoms. The summed E-state index contributed by atoms with van der Waals surface area (Å²) in [4.78, 5) is 0. The molecule has 1 N–H and O–H groups in total. The van der Waals surface area contributed by atoms with Crippen LogP contribution in [0, 0.1) is 0 Å². The molecule has 100 valence electrons. The molecule has 3 heteroatoms. The molecule has 2 nitrogen and oxygen atoms in total. The smallest absolute Gasteiger partial charge is 0.118 e. The first-order valence-corrected chi connectivity index (χ1v) is 6.74. The van der Waals surface area contributed by atoms with Crippen molar-refractivity contribution in [3.8, 4) is 5.75 Å². The Morgan fingerprint density at radius 1 is 1.22 bits per heavy atom. The lowest BCUT2D eigenvalue weighted by atomic mass is 9.90. The summed E-state index contributed by atoms with van der Waals surface area (Å²) in [5.41, 5.74) is 0.203. The van der Waals surface area contributed by atoms with Gasteiger partial charge in [0.15, 0.2) is 0 Å². The van der Waals surface area contributed by atoms with Crippen LogP contribution in [-0.4, -0.2) is 25.9 Å². The zero-order valence-electron chi connectivity index (χ0n) is 11.0. The maximum atomic E-state index is 14.6. The minimum atomic E-state index is -0.983. The van der Waals surface area contributed by atoms with Crippen LogP contribution in [0.1, 0.15) is 31.2 Å². The van der Waals surface area contributed by atoms with Crippen LogP contribution in [0.2, 0.25) is 0 Å². The van der Waals surface area contributed by atoms with Crippen molar-refractivity contribution in [2.75, 3.05) is 20.2 Å². The minimum absolute atomic E-state index is 0.626. The van der Waals surface area contributed by atoms with Crippen molar-refractivity contribution < 1.29 is 9.13 Å². The third kappa shape index (κ3) is 3.70. The zero-order chi connectivity index (χ0) is 12.8. The third-order valence-electron chi connectivity index (χ3n) is 3.75. The van der Waals surface area contributed by atoms with E-state index in [4.69, 9.17) is 4.74 Å². The SMILES string of the molecule is COc1ccc(CCC2(F)CCCNCC2)cc1. The molecule has 0 aromatic heterocycles. The Balaban J connectivity index is 1.88. The summed E-state index contributed by atoms with van der Waals surface area (Å²) in [7, 11) is 1.66. The van der Waals surface area contributed by atoms with Crippen molar-refractivity contribution in [2.45, 2.75) is 37.8 Å². The van der Waals surface area contributed by atoms with Crippen molar-refractivity contribution in [1.29, 1.82) is 0 Å². The Morgan fingerprint density at radius 3 is 2.72 bits per heavy atom. The molecule has 1 heterocycles. The fourth-order valence-corrected chi connectivity index (χ4v) is 2.50. The fourth-order valence-electron chi connectivity index (χ4n) is 2.50. The average molecular weight is 251 g/mol. The highest BCUT2D eigenvalue weighted by atomic mass is 19.1. The third-order valence-corrected chi connectivity index (χ3v) is 3.75. The van der Waals surface area contributed by atoms with E-state index in [1.54, 1.807) is 7.11 Å². The second-order valence-corrected chi connectivity index (χ2v) is 5.10. The predicted molar refractivity (Wildman–Crippen MR) is 71.9 cm³/mol.